The van der Waals surface area contributed by atoms with Crippen LogP contribution >= 0.6 is 0 Å². The second-order valence-corrected chi connectivity index (χ2v) is 3.28. The van der Waals surface area contributed by atoms with E-state index in [0.29, 0.717) is 5.57 Å². The van der Waals surface area contributed by atoms with Crippen LogP contribution in [0.4, 0.5) is 0 Å². The van der Waals surface area contributed by atoms with Crippen molar-refractivity contribution >= 4 is 17.8 Å². The zero-order valence-electron chi connectivity index (χ0n) is 11.4. The van der Waals surface area contributed by atoms with Crippen molar-refractivity contribution in [1.29, 1.82) is 0 Å². The van der Waals surface area contributed by atoms with Gasteiger partial charge in [0.1, 0.15) is 0 Å². The smallest absolute Gasteiger partial charge is 0.545 e. The van der Waals surface area contributed by atoms with E-state index < -0.39 is 17.8 Å². The summed E-state index contributed by atoms with van der Waals surface area (Å²) in [7, 11) is 0. The first-order valence-corrected chi connectivity index (χ1v) is 4.62. The van der Waals surface area contributed by atoms with E-state index in [1.54, 1.807) is 6.92 Å². The SMILES string of the molecule is C=C(C)C(=O)[O-].C=C(C)C(=O)[O-].C=C(C)C(N)=O.[Zn+2]. The van der Waals surface area contributed by atoms with Gasteiger partial charge in [0, 0.05) is 5.57 Å². The number of amides is 1. The Morgan fingerprint density at radius 1 is 0.789 bits per heavy atom. The zero-order valence-corrected chi connectivity index (χ0v) is 14.4. The first-order chi connectivity index (χ1) is 7.93. The number of aliphatic carboxylic acids is 2. The van der Waals surface area contributed by atoms with E-state index in [2.05, 4.69) is 19.7 Å². The van der Waals surface area contributed by atoms with Gasteiger partial charge in [0.15, 0.2) is 0 Å². The van der Waals surface area contributed by atoms with Crippen molar-refractivity contribution in [3.8, 4) is 0 Å². The quantitative estimate of drug-likeness (QED) is 0.509. The number of carboxylic acids is 2. The van der Waals surface area contributed by atoms with Gasteiger partial charge in [-0.1, -0.05) is 19.7 Å². The molecule has 0 atom stereocenters. The summed E-state index contributed by atoms with van der Waals surface area (Å²) in [6.07, 6.45) is 0. The number of rotatable bonds is 3. The van der Waals surface area contributed by atoms with Crippen molar-refractivity contribution in [3.05, 3.63) is 36.5 Å². The second kappa shape index (κ2) is 14.3. The third-order valence-corrected chi connectivity index (χ3v) is 1.12. The number of primary amides is 1. The Morgan fingerprint density at radius 2 is 0.895 bits per heavy atom. The van der Waals surface area contributed by atoms with Crippen LogP contribution in [0.3, 0.4) is 0 Å². The molecule has 0 fully saturated rings. The molecule has 0 aliphatic carbocycles. The number of hydrogen-bond acceptors (Lipinski definition) is 5. The molecule has 7 heteroatoms. The van der Waals surface area contributed by atoms with Gasteiger partial charge in [-0.3, -0.25) is 4.79 Å². The maximum atomic E-state index is 9.82. The van der Waals surface area contributed by atoms with E-state index in [9.17, 15) is 24.6 Å². The van der Waals surface area contributed by atoms with E-state index >= 15 is 0 Å². The molecule has 0 aromatic heterocycles. The minimum atomic E-state index is -1.19. The molecule has 0 aromatic carbocycles. The van der Waals surface area contributed by atoms with Gasteiger partial charge < -0.3 is 25.5 Å². The van der Waals surface area contributed by atoms with Crippen molar-refractivity contribution in [2.45, 2.75) is 20.8 Å². The standard InChI is InChI=1S/C4H7NO.2C4H6O2.Zn/c3*1-3(2)4(5)6;/h1H2,2H3,(H2,5,6);2*1H2,2H3,(H,5,6);/q;;;+2/p-2. The zero-order chi connectivity index (χ0) is 15.5. The van der Waals surface area contributed by atoms with Crippen molar-refractivity contribution in [2.24, 2.45) is 5.73 Å². The largest absolute Gasteiger partial charge is 2.00 e. The predicted molar refractivity (Wildman–Crippen MR) is 63.7 cm³/mol. The summed E-state index contributed by atoms with van der Waals surface area (Å²) in [5.41, 5.74) is 5.22. The van der Waals surface area contributed by atoms with Crippen LogP contribution in [-0.4, -0.2) is 17.8 Å². The Balaban J connectivity index is -0.0000000865. The first kappa shape index (κ1) is 25.9. The molecule has 0 aliphatic rings. The van der Waals surface area contributed by atoms with Gasteiger partial charge in [-0.25, -0.2) is 0 Å². The van der Waals surface area contributed by atoms with Crippen LogP contribution < -0.4 is 15.9 Å². The normalized spacial score (nSPS) is 7.11. The molecule has 6 nitrogen and oxygen atoms in total. The topological polar surface area (TPSA) is 123 Å². The van der Waals surface area contributed by atoms with E-state index in [0.717, 1.165) is 0 Å². The molecule has 0 aliphatic heterocycles. The Kier molecular flexibility index (Phi) is 19.5. The van der Waals surface area contributed by atoms with E-state index in [-0.39, 0.29) is 30.6 Å². The van der Waals surface area contributed by atoms with E-state index in [1.165, 1.54) is 13.8 Å². The average Bonchev–Trinajstić information content (AvgIpc) is 2.18. The van der Waals surface area contributed by atoms with Crippen molar-refractivity contribution in [1.82, 2.24) is 0 Å². The summed E-state index contributed by atoms with van der Waals surface area (Å²) in [6.45, 7) is 13.8. The predicted octanol–water partition coefficient (Wildman–Crippen LogP) is -1.33. The molecule has 0 aromatic rings. The molecule has 0 heterocycles. The molecule has 19 heavy (non-hydrogen) atoms. The van der Waals surface area contributed by atoms with Gasteiger partial charge in [-0.2, -0.15) is 0 Å². The molecule has 0 unspecified atom stereocenters. The summed E-state index contributed by atoms with van der Waals surface area (Å²) in [5, 5.41) is 19.0. The Bertz CT molecular complexity index is 281. The number of carboxylic acid groups (broad SMARTS) is 2. The Hall–Kier alpha value is -1.75. The number of hydrogen-bond donors (Lipinski definition) is 1. The van der Waals surface area contributed by atoms with Crippen LogP contribution in [0.2, 0.25) is 0 Å². The molecule has 0 saturated carbocycles. The third kappa shape index (κ3) is 31.4. The fourth-order valence-corrected chi connectivity index (χ4v) is 0. The molecule has 0 saturated heterocycles. The molecular formula is C12H17NO5Zn. The molecule has 0 rings (SSSR count). The Labute approximate surface area is 125 Å². The molecule has 0 spiro atoms. The fourth-order valence-electron chi connectivity index (χ4n) is 0. The summed E-state index contributed by atoms with van der Waals surface area (Å²) in [5.74, 6) is -2.81. The first-order valence-electron chi connectivity index (χ1n) is 4.62. The van der Waals surface area contributed by atoms with Gasteiger partial charge >= 0.3 is 19.5 Å². The van der Waals surface area contributed by atoms with Gasteiger partial charge in [-0.15, -0.1) is 0 Å². The molecule has 2 N–H and O–H groups in total. The summed E-state index contributed by atoms with van der Waals surface area (Å²) in [4.78, 5) is 28.8. The maximum Gasteiger partial charge on any atom is 2.00 e. The van der Waals surface area contributed by atoms with Crippen LogP contribution in [-0.2, 0) is 33.9 Å². The molecular weight excluding hydrogens is 304 g/mol. The van der Waals surface area contributed by atoms with Gasteiger partial charge in [0.05, 0.1) is 11.9 Å². The van der Waals surface area contributed by atoms with Crippen LogP contribution in [0.1, 0.15) is 20.8 Å². The minimum Gasteiger partial charge on any atom is -0.545 e. The van der Waals surface area contributed by atoms with Crippen LogP contribution in [0.25, 0.3) is 0 Å². The molecule has 0 bridgehead atoms. The average molecular weight is 321 g/mol. The van der Waals surface area contributed by atoms with Gasteiger partial charge in [0.2, 0.25) is 5.91 Å². The van der Waals surface area contributed by atoms with Gasteiger partial charge in [0.25, 0.3) is 0 Å². The van der Waals surface area contributed by atoms with Crippen molar-refractivity contribution in [2.75, 3.05) is 0 Å². The number of nitrogens with two attached hydrogens (primary N) is 1. The third-order valence-electron chi connectivity index (χ3n) is 1.12. The van der Waals surface area contributed by atoms with Crippen molar-refractivity contribution in [3.63, 3.8) is 0 Å². The molecule has 0 radical (unpaired) electrons. The van der Waals surface area contributed by atoms with E-state index in [4.69, 9.17) is 5.73 Å². The van der Waals surface area contributed by atoms with Crippen LogP contribution in [0.5, 0.6) is 0 Å². The van der Waals surface area contributed by atoms with E-state index in [1.807, 2.05) is 0 Å². The van der Waals surface area contributed by atoms with Gasteiger partial charge in [-0.05, 0) is 31.9 Å². The number of carbonyl (C=O) groups excluding carboxylic acids is 3. The molecule has 102 valence electrons. The van der Waals surface area contributed by atoms with Crippen molar-refractivity contribution < 1.29 is 44.1 Å². The monoisotopic (exact) mass is 319 g/mol. The summed E-state index contributed by atoms with van der Waals surface area (Å²) in [6, 6.07) is 0. The minimum absolute atomic E-state index is 0. The maximum absolute atomic E-state index is 9.82. The second-order valence-electron chi connectivity index (χ2n) is 3.28. The van der Waals surface area contributed by atoms with Crippen LogP contribution in [0, 0.1) is 0 Å². The van der Waals surface area contributed by atoms with Crippen LogP contribution in [0.15, 0.2) is 36.5 Å². The number of carbonyl (C=O) groups is 3. The Morgan fingerprint density at radius 3 is 0.895 bits per heavy atom. The fraction of sp³-hybridized carbons (Fsp3) is 0.250. The summed E-state index contributed by atoms with van der Waals surface area (Å²) >= 11 is 0. The summed E-state index contributed by atoms with van der Waals surface area (Å²) < 4.78 is 0. The molecule has 1 amide bonds.